The van der Waals surface area contributed by atoms with Crippen LogP contribution in [0.1, 0.15) is 30.0 Å². The molecule has 1 atom stereocenters. The van der Waals surface area contributed by atoms with Gasteiger partial charge in [-0.2, -0.15) is 5.10 Å². The van der Waals surface area contributed by atoms with Gasteiger partial charge < -0.3 is 10.5 Å². The molecule has 0 spiro atoms. The number of nitrogens with two attached hydrogens (primary N) is 1. The molecule has 1 aliphatic heterocycles. The van der Waals surface area contributed by atoms with E-state index in [0.717, 1.165) is 30.0 Å². The van der Waals surface area contributed by atoms with E-state index in [0.29, 0.717) is 6.54 Å². The fourth-order valence-electron chi connectivity index (χ4n) is 3.02. The largest absolute Gasteiger partial charge is 0.497 e. The first kappa shape index (κ1) is 15.6. The first-order valence-corrected chi connectivity index (χ1v) is 7.98. The Labute approximate surface area is 137 Å². The fraction of sp³-hybridized carbons (Fsp3) is 0.316. The number of ether oxygens (including phenoxy) is 1. The minimum absolute atomic E-state index is 0.212. The van der Waals surface area contributed by atoms with E-state index in [1.54, 1.807) is 7.11 Å². The van der Waals surface area contributed by atoms with E-state index >= 15 is 0 Å². The van der Waals surface area contributed by atoms with Gasteiger partial charge in [-0.3, -0.25) is 5.01 Å². The number of methoxy groups -OCH3 is 1. The molecule has 23 heavy (non-hydrogen) atoms. The topological polar surface area (TPSA) is 50.9 Å². The number of nitrogens with zero attached hydrogens (tertiary/aromatic N) is 2. The SMILES string of the molecule is COc1ccc(C2CC(CCN)=NN2c2ccccc2C)cc1. The predicted molar refractivity (Wildman–Crippen MR) is 95.1 cm³/mol. The second-order valence-corrected chi connectivity index (χ2v) is 5.83. The van der Waals surface area contributed by atoms with Gasteiger partial charge in [-0.15, -0.1) is 0 Å². The highest BCUT2D eigenvalue weighted by Gasteiger charge is 2.29. The Morgan fingerprint density at radius 1 is 1.17 bits per heavy atom. The molecular formula is C19H23N3O. The molecule has 0 fully saturated rings. The Bertz CT molecular complexity index is 694. The minimum Gasteiger partial charge on any atom is -0.497 e. The summed E-state index contributed by atoms with van der Waals surface area (Å²) in [5, 5.41) is 6.99. The molecule has 2 N–H and O–H groups in total. The van der Waals surface area contributed by atoms with Gasteiger partial charge in [0.05, 0.1) is 18.8 Å². The second kappa shape index (κ2) is 6.84. The van der Waals surface area contributed by atoms with Crippen LogP contribution in [0.2, 0.25) is 0 Å². The van der Waals surface area contributed by atoms with Crippen molar-refractivity contribution in [3.63, 3.8) is 0 Å². The number of aryl methyl sites for hydroxylation is 1. The van der Waals surface area contributed by atoms with Crippen LogP contribution in [0.15, 0.2) is 53.6 Å². The molecule has 0 saturated carbocycles. The number of hydrogen-bond donors (Lipinski definition) is 1. The molecule has 4 nitrogen and oxygen atoms in total. The highest BCUT2D eigenvalue weighted by molar-refractivity contribution is 5.89. The third kappa shape index (κ3) is 3.22. The molecule has 0 aliphatic carbocycles. The summed E-state index contributed by atoms with van der Waals surface area (Å²) < 4.78 is 5.26. The Morgan fingerprint density at radius 3 is 2.57 bits per heavy atom. The number of rotatable bonds is 5. The summed E-state index contributed by atoms with van der Waals surface area (Å²) >= 11 is 0. The third-order valence-electron chi connectivity index (χ3n) is 4.27. The molecule has 0 bridgehead atoms. The van der Waals surface area contributed by atoms with Crippen molar-refractivity contribution in [2.45, 2.75) is 25.8 Å². The minimum atomic E-state index is 0.212. The molecule has 3 rings (SSSR count). The predicted octanol–water partition coefficient (Wildman–Crippen LogP) is 3.66. The van der Waals surface area contributed by atoms with Crippen molar-refractivity contribution >= 4 is 11.4 Å². The lowest BCUT2D eigenvalue weighted by molar-refractivity contribution is 0.414. The lowest BCUT2D eigenvalue weighted by atomic mass is 9.99. The highest BCUT2D eigenvalue weighted by Crippen LogP contribution is 2.37. The number of hydrogen-bond acceptors (Lipinski definition) is 4. The first-order chi connectivity index (χ1) is 11.2. The van der Waals surface area contributed by atoms with Gasteiger partial charge >= 0.3 is 0 Å². The first-order valence-electron chi connectivity index (χ1n) is 7.98. The van der Waals surface area contributed by atoms with Gasteiger partial charge in [0, 0.05) is 12.1 Å². The highest BCUT2D eigenvalue weighted by atomic mass is 16.5. The van der Waals surface area contributed by atoms with Crippen LogP contribution in [0.3, 0.4) is 0 Å². The monoisotopic (exact) mass is 309 g/mol. The average molecular weight is 309 g/mol. The molecule has 1 aliphatic rings. The molecule has 120 valence electrons. The summed E-state index contributed by atoms with van der Waals surface area (Å²) in [5.41, 5.74) is 10.5. The standard InChI is InChI=1S/C19H23N3O/c1-14-5-3-4-6-18(14)22-19(13-16(21-22)11-12-20)15-7-9-17(23-2)10-8-15/h3-10,19H,11-13,20H2,1-2H3. The fourth-order valence-corrected chi connectivity index (χ4v) is 3.02. The van der Waals surface area contributed by atoms with Gasteiger partial charge in [-0.25, -0.2) is 0 Å². The van der Waals surface area contributed by atoms with Gasteiger partial charge in [0.25, 0.3) is 0 Å². The summed E-state index contributed by atoms with van der Waals surface area (Å²) in [6.45, 7) is 2.76. The van der Waals surface area contributed by atoms with Gasteiger partial charge in [0.2, 0.25) is 0 Å². The van der Waals surface area contributed by atoms with Crippen molar-refractivity contribution in [1.82, 2.24) is 0 Å². The molecule has 0 saturated heterocycles. The van der Waals surface area contributed by atoms with Crippen LogP contribution in [0.5, 0.6) is 5.75 Å². The molecule has 1 heterocycles. The number of anilines is 1. The van der Waals surface area contributed by atoms with E-state index in [4.69, 9.17) is 15.6 Å². The van der Waals surface area contributed by atoms with Crippen molar-refractivity contribution in [2.75, 3.05) is 18.7 Å². The molecule has 2 aromatic rings. The van der Waals surface area contributed by atoms with Crippen molar-refractivity contribution in [3.05, 3.63) is 59.7 Å². The summed E-state index contributed by atoms with van der Waals surface area (Å²) in [5.74, 6) is 0.872. The molecule has 0 radical (unpaired) electrons. The maximum Gasteiger partial charge on any atom is 0.118 e. The number of para-hydroxylation sites is 1. The summed E-state index contributed by atoms with van der Waals surface area (Å²) in [6, 6.07) is 16.8. The third-order valence-corrected chi connectivity index (χ3v) is 4.27. The van der Waals surface area contributed by atoms with E-state index in [1.165, 1.54) is 11.1 Å². The molecular weight excluding hydrogens is 286 g/mol. The Hall–Kier alpha value is -2.33. The van der Waals surface area contributed by atoms with Crippen LogP contribution in [-0.2, 0) is 0 Å². The lowest BCUT2D eigenvalue weighted by Crippen LogP contribution is -2.19. The average Bonchev–Trinajstić information content (AvgIpc) is 2.99. The zero-order valence-corrected chi connectivity index (χ0v) is 13.7. The zero-order valence-electron chi connectivity index (χ0n) is 13.7. The van der Waals surface area contributed by atoms with Crippen molar-refractivity contribution in [2.24, 2.45) is 10.8 Å². The van der Waals surface area contributed by atoms with Crippen molar-refractivity contribution in [1.29, 1.82) is 0 Å². The van der Waals surface area contributed by atoms with Crippen LogP contribution >= 0.6 is 0 Å². The van der Waals surface area contributed by atoms with E-state index in [1.807, 2.05) is 12.1 Å². The molecule has 2 aromatic carbocycles. The molecule has 4 heteroatoms. The smallest absolute Gasteiger partial charge is 0.118 e. The van der Waals surface area contributed by atoms with Crippen molar-refractivity contribution in [3.8, 4) is 5.75 Å². The number of hydrazone groups is 1. The van der Waals surface area contributed by atoms with Crippen LogP contribution in [0.25, 0.3) is 0 Å². The van der Waals surface area contributed by atoms with E-state index in [2.05, 4.69) is 48.3 Å². The molecule has 1 unspecified atom stereocenters. The van der Waals surface area contributed by atoms with E-state index in [-0.39, 0.29) is 6.04 Å². The maximum absolute atomic E-state index is 5.73. The van der Waals surface area contributed by atoms with Crippen molar-refractivity contribution < 1.29 is 4.74 Å². The molecule has 0 aromatic heterocycles. The quantitative estimate of drug-likeness (QED) is 0.917. The lowest BCUT2D eigenvalue weighted by Gasteiger charge is -2.25. The van der Waals surface area contributed by atoms with Gasteiger partial charge in [0.15, 0.2) is 0 Å². The van der Waals surface area contributed by atoms with E-state index in [9.17, 15) is 0 Å². The Kier molecular flexibility index (Phi) is 4.63. The normalized spacial score (nSPS) is 17.3. The van der Waals surface area contributed by atoms with Gasteiger partial charge in [-0.05, 0) is 49.2 Å². The van der Waals surface area contributed by atoms with Crippen LogP contribution < -0.4 is 15.5 Å². The van der Waals surface area contributed by atoms with Crippen LogP contribution in [0, 0.1) is 6.92 Å². The Balaban J connectivity index is 1.95. The summed E-state index contributed by atoms with van der Waals surface area (Å²) in [6.07, 6.45) is 1.76. The summed E-state index contributed by atoms with van der Waals surface area (Å²) in [4.78, 5) is 0. The zero-order chi connectivity index (χ0) is 16.2. The van der Waals surface area contributed by atoms with Gasteiger partial charge in [0.1, 0.15) is 5.75 Å². The number of benzene rings is 2. The van der Waals surface area contributed by atoms with E-state index < -0.39 is 0 Å². The van der Waals surface area contributed by atoms with Crippen LogP contribution in [-0.4, -0.2) is 19.4 Å². The van der Waals surface area contributed by atoms with Gasteiger partial charge in [-0.1, -0.05) is 30.3 Å². The second-order valence-electron chi connectivity index (χ2n) is 5.83. The molecule has 0 amide bonds. The summed E-state index contributed by atoms with van der Waals surface area (Å²) in [7, 11) is 1.69. The Morgan fingerprint density at radius 2 is 1.91 bits per heavy atom. The van der Waals surface area contributed by atoms with Crippen LogP contribution in [0.4, 0.5) is 5.69 Å². The maximum atomic E-state index is 5.73.